The van der Waals surface area contributed by atoms with Crippen LogP contribution in [0.5, 0.6) is 0 Å². The molecule has 0 N–H and O–H groups in total. The highest BCUT2D eigenvalue weighted by molar-refractivity contribution is 5.94. The second kappa shape index (κ2) is 10.3. The molecule has 0 atom stereocenters. The first-order valence-corrected chi connectivity index (χ1v) is 11.6. The van der Waals surface area contributed by atoms with E-state index in [2.05, 4.69) is 17.0 Å². The Morgan fingerprint density at radius 2 is 1.53 bits per heavy atom. The van der Waals surface area contributed by atoms with E-state index in [0.717, 1.165) is 51.0 Å². The molecule has 0 bridgehead atoms. The zero-order valence-corrected chi connectivity index (χ0v) is 18.8. The molecule has 0 saturated carbocycles. The molecule has 0 radical (unpaired) electrons. The van der Waals surface area contributed by atoms with Crippen LogP contribution in [0.25, 0.3) is 0 Å². The molecule has 170 valence electrons. The highest BCUT2D eigenvalue weighted by atomic mass is 19.1. The molecular formula is C26H32FN3O2. The normalized spacial score (nSPS) is 18.1. The smallest absolute Gasteiger partial charge is 0.253 e. The maximum Gasteiger partial charge on any atom is 0.253 e. The zero-order chi connectivity index (χ0) is 22.5. The number of benzene rings is 2. The van der Waals surface area contributed by atoms with E-state index in [1.54, 1.807) is 13.0 Å². The Morgan fingerprint density at radius 3 is 2.16 bits per heavy atom. The summed E-state index contributed by atoms with van der Waals surface area (Å²) < 4.78 is 13.9. The maximum absolute atomic E-state index is 13.9. The van der Waals surface area contributed by atoms with Gasteiger partial charge in [0.2, 0.25) is 5.91 Å². The van der Waals surface area contributed by atoms with Crippen LogP contribution < -0.4 is 0 Å². The second-order valence-electron chi connectivity index (χ2n) is 9.01. The number of rotatable bonds is 5. The average Bonchev–Trinajstić information content (AvgIpc) is 2.81. The summed E-state index contributed by atoms with van der Waals surface area (Å²) in [5, 5.41) is 0. The van der Waals surface area contributed by atoms with Gasteiger partial charge in [-0.2, -0.15) is 0 Å². The van der Waals surface area contributed by atoms with Crippen molar-refractivity contribution in [1.29, 1.82) is 0 Å². The monoisotopic (exact) mass is 437 g/mol. The highest BCUT2D eigenvalue weighted by Gasteiger charge is 2.24. The molecule has 0 aliphatic carbocycles. The van der Waals surface area contributed by atoms with Crippen LogP contribution in [-0.2, 0) is 17.8 Å². The minimum atomic E-state index is -0.171. The Kier molecular flexibility index (Phi) is 7.20. The molecule has 2 aromatic rings. The third kappa shape index (κ3) is 5.54. The quantitative estimate of drug-likeness (QED) is 0.718. The van der Waals surface area contributed by atoms with Crippen molar-refractivity contribution in [3.63, 3.8) is 0 Å². The number of hydrogen-bond acceptors (Lipinski definition) is 3. The Bertz CT molecular complexity index is 930. The molecule has 2 heterocycles. The minimum absolute atomic E-state index is 0.0665. The zero-order valence-electron chi connectivity index (χ0n) is 18.8. The van der Waals surface area contributed by atoms with Gasteiger partial charge in [-0.05, 0) is 48.9 Å². The van der Waals surface area contributed by atoms with Crippen LogP contribution in [-0.4, -0.2) is 65.8 Å². The molecule has 32 heavy (non-hydrogen) atoms. The first kappa shape index (κ1) is 22.5. The van der Waals surface area contributed by atoms with Gasteiger partial charge < -0.3 is 9.80 Å². The average molecular weight is 438 g/mol. The minimum Gasteiger partial charge on any atom is -0.343 e. The van der Waals surface area contributed by atoms with E-state index in [9.17, 15) is 14.0 Å². The van der Waals surface area contributed by atoms with E-state index < -0.39 is 0 Å². The number of piperidine rings is 1. The van der Waals surface area contributed by atoms with Crippen molar-refractivity contribution in [2.75, 3.05) is 39.3 Å². The fourth-order valence-corrected chi connectivity index (χ4v) is 4.73. The fourth-order valence-electron chi connectivity index (χ4n) is 4.73. The Balaban J connectivity index is 1.25. The van der Waals surface area contributed by atoms with Crippen LogP contribution in [0.4, 0.5) is 4.39 Å². The van der Waals surface area contributed by atoms with E-state index in [-0.39, 0.29) is 17.6 Å². The molecule has 0 spiro atoms. The number of hydrogen-bond donors (Lipinski definition) is 0. The number of carbonyl (C=O) groups excluding carboxylic acids is 2. The molecule has 2 aliphatic rings. The number of halogens is 1. The van der Waals surface area contributed by atoms with Crippen molar-refractivity contribution >= 4 is 11.8 Å². The lowest BCUT2D eigenvalue weighted by atomic mass is 9.90. The van der Waals surface area contributed by atoms with Crippen LogP contribution in [0.3, 0.4) is 0 Å². The largest absolute Gasteiger partial charge is 0.343 e. The lowest BCUT2D eigenvalue weighted by Gasteiger charge is -2.35. The molecule has 2 aromatic carbocycles. The van der Waals surface area contributed by atoms with E-state index >= 15 is 0 Å². The van der Waals surface area contributed by atoms with Gasteiger partial charge in [-0.1, -0.05) is 30.3 Å². The Morgan fingerprint density at radius 1 is 0.875 bits per heavy atom. The van der Waals surface area contributed by atoms with Crippen molar-refractivity contribution in [3.8, 4) is 0 Å². The number of nitrogens with zero attached hydrogens (tertiary/aromatic N) is 3. The van der Waals surface area contributed by atoms with Crippen molar-refractivity contribution < 1.29 is 14.0 Å². The summed E-state index contributed by atoms with van der Waals surface area (Å²) in [5.41, 5.74) is 2.68. The van der Waals surface area contributed by atoms with Crippen LogP contribution >= 0.6 is 0 Å². The standard InChI is InChI=1S/C26H32FN3O2/c1-20(31)29-12-10-22(11-13-29)18-21-6-8-23(9-7-21)26(32)30-16-14-28(15-17-30)19-24-4-2-3-5-25(24)27/h2-9,22H,10-19H2,1H3. The molecule has 2 aliphatic heterocycles. The number of piperazine rings is 1. The predicted octanol–water partition coefficient (Wildman–Crippen LogP) is 3.58. The predicted molar refractivity (Wildman–Crippen MR) is 123 cm³/mol. The molecular weight excluding hydrogens is 405 g/mol. The Hall–Kier alpha value is -2.73. The summed E-state index contributed by atoms with van der Waals surface area (Å²) in [6, 6.07) is 14.9. The molecule has 2 saturated heterocycles. The van der Waals surface area contributed by atoms with Gasteiger partial charge in [0, 0.05) is 63.9 Å². The van der Waals surface area contributed by atoms with Gasteiger partial charge in [-0.3, -0.25) is 14.5 Å². The van der Waals surface area contributed by atoms with Crippen molar-refractivity contribution in [1.82, 2.24) is 14.7 Å². The first-order chi connectivity index (χ1) is 15.5. The van der Waals surface area contributed by atoms with Crippen LogP contribution in [0.1, 0.15) is 41.3 Å². The van der Waals surface area contributed by atoms with Crippen molar-refractivity contribution in [2.24, 2.45) is 5.92 Å². The van der Waals surface area contributed by atoms with Gasteiger partial charge in [0.05, 0.1) is 0 Å². The van der Waals surface area contributed by atoms with Crippen molar-refractivity contribution in [2.45, 2.75) is 32.7 Å². The SMILES string of the molecule is CC(=O)N1CCC(Cc2ccc(C(=O)N3CCN(Cc4ccccc4F)CC3)cc2)CC1. The van der Waals surface area contributed by atoms with Gasteiger partial charge in [-0.25, -0.2) is 4.39 Å². The fraction of sp³-hybridized carbons (Fsp3) is 0.462. The lowest BCUT2D eigenvalue weighted by Crippen LogP contribution is -2.48. The van der Waals surface area contributed by atoms with Gasteiger partial charge in [0.15, 0.2) is 0 Å². The number of carbonyl (C=O) groups is 2. The summed E-state index contributed by atoms with van der Waals surface area (Å²) in [6.07, 6.45) is 3.07. The van der Waals surface area contributed by atoms with E-state index in [1.807, 2.05) is 34.1 Å². The molecule has 2 fully saturated rings. The number of amides is 2. The Labute approximate surface area is 189 Å². The second-order valence-corrected chi connectivity index (χ2v) is 9.01. The maximum atomic E-state index is 13.9. The van der Waals surface area contributed by atoms with Crippen LogP contribution in [0.15, 0.2) is 48.5 Å². The van der Waals surface area contributed by atoms with Gasteiger partial charge >= 0.3 is 0 Å². The molecule has 0 aromatic heterocycles. The van der Waals surface area contributed by atoms with Gasteiger partial charge in [-0.15, -0.1) is 0 Å². The van der Waals surface area contributed by atoms with Gasteiger partial charge in [0.1, 0.15) is 5.82 Å². The third-order valence-electron chi connectivity index (χ3n) is 6.80. The summed E-state index contributed by atoms with van der Waals surface area (Å²) in [7, 11) is 0. The molecule has 4 rings (SSSR count). The lowest BCUT2D eigenvalue weighted by molar-refractivity contribution is -0.130. The summed E-state index contributed by atoms with van der Waals surface area (Å²) in [4.78, 5) is 30.4. The van der Waals surface area contributed by atoms with E-state index in [0.29, 0.717) is 31.1 Å². The van der Waals surface area contributed by atoms with Crippen molar-refractivity contribution in [3.05, 3.63) is 71.0 Å². The summed E-state index contributed by atoms with van der Waals surface area (Å²) in [6.45, 7) is 6.72. The van der Waals surface area contributed by atoms with E-state index in [1.165, 1.54) is 11.6 Å². The van der Waals surface area contributed by atoms with Gasteiger partial charge in [0.25, 0.3) is 5.91 Å². The molecule has 6 heteroatoms. The highest BCUT2D eigenvalue weighted by Crippen LogP contribution is 2.22. The van der Waals surface area contributed by atoms with E-state index in [4.69, 9.17) is 0 Å². The van der Waals surface area contributed by atoms with Crippen LogP contribution in [0.2, 0.25) is 0 Å². The topological polar surface area (TPSA) is 43.9 Å². The molecule has 2 amide bonds. The van der Waals surface area contributed by atoms with Crippen LogP contribution in [0, 0.1) is 11.7 Å². The summed E-state index contributed by atoms with van der Waals surface area (Å²) >= 11 is 0. The third-order valence-corrected chi connectivity index (χ3v) is 6.80. The first-order valence-electron chi connectivity index (χ1n) is 11.6. The molecule has 5 nitrogen and oxygen atoms in total. The molecule has 0 unspecified atom stereocenters. The number of likely N-dealkylation sites (tertiary alicyclic amines) is 1. The summed E-state index contributed by atoms with van der Waals surface area (Å²) in [5.74, 6) is 0.654.